The van der Waals surface area contributed by atoms with Gasteiger partial charge in [-0.2, -0.15) is 4.31 Å². The van der Waals surface area contributed by atoms with Crippen molar-refractivity contribution in [3.05, 3.63) is 14.9 Å². The zero-order valence-electron chi connectivity index (χ0n) is 10.8. The third kappa shape index (κ3) is 3.16. The molecule has 1 unspecified atom stereocenters. The Hall–Kier alpha value is 0.340. The predicted molar refractivity (Wildman–Crippen MR) is 82.5 cm³/mol. The molecule has 8 heteroatoms. The van der Waals surface area contributed by atoms with Crippen LogP contribution in [0.4, 0.5) is 0 Å². The second-order valence-corrected chi connectivity index (χ2v) is 9.53. The van der Waals surface area contributed by atoms with Crippen LogP contribution in [-0.2, 0) is 10.0 Å². The number of likely N-dealkylation sites (N-methyl/N-ethyl adjacent to an activating group) is 1. The Kier molecular flexibility index (Phi) is 4.96. The van der Waals surface area contributed by atoms with Crippen LogP contribution in [0, 0.1) is 0 Å². The highest BCUT2D eigenvalue weighted by atomic mass is 79.9. The molecule has 0 aliphatic carbocycles. The Morgan fingerprint density at radius 3 is 2.74 bits per heavy atom. The van der Waals surface area contributed by atoms with Crippen LogP contribution in [0.3, 0.4) is 0 Å². The first-order valence-corrected chi connectivity index (χ1v) is 9.44. The van der Waals surface area contributed by atoms with Gasteiger partial charge in [0.1, 0.15) is 4.21 Å². The van der Waals surface area contributed by atoms with Gasteiger partial charge in [0, 0.05) is 25.7 Å². The zero-order chi connectivity index (χ0) is 14.2. The Labute approximate surface area is 131 Å². The number of halogens is 2. The average molecular weight is 388 g/mol. The maximum absolute atomic E-state index is 12.6. The van der Waals surface area contributed by atoms with E-state index in [-0.39, 0.29) is 6.04 Å². The molecule has 1 aliphatic rings. The first-order chi connectivity index (χ1) is 8.86. The maximum atomic E-state index is 12.6. The largest absolute Gasteiger partial charge is 0.301 e. The van der Waals surface area contributed by atoms with Crippen molar-refractivity contribution in [3.8, 4) is 0 Å². The molecule has 2 heterocycles. The molecule has 108 valence electrons. The number of piperazine rings is 1. The summed E-state index contributed by atoms with van der Waals surface area (Å²) in [7, 11) is -1.38. The SMILES string of the molecule is CCC1CN(S(=O)(=O)c2cc(Cl)c(Br)s2)CCN1C. The van der Waals surface area contributed by atoms with Crippen molar-refractivity contribution in [3.63, 3.8) is 0 Å². The topological polar surface area (TPSA) is 40.6 Å². The summed E-state index contributed by atoms with van der Waals surface area (Å²) in [5, 5.41) is 0.449. The lowest BCUT2D eigenvalue weighted by atomic mass is 10.1. The van der Waals surface area contributed by atoms with Gasteiger partial charge in [0.25, 0.3) is 10.0 Å². The number of hydrogen-bond donors (Lipinski definition) is 0. The third-order valence-electron chi connectivity index (χ3n) is 3.43. The molecular weight excluding hydrogens is 372 g/mol. The fourth-order valence-corrected chi connectivity index (χ4v) is 6.18. The van der Waals surface area contributed by atoms with E-state index in [0.717, 1.165) is 13.0 Å². The number of rotatable bonds is 3. The Balaban J connectivity index is 2.25. The van der Waals surface area contributed by atoms with E-state index >= 15 is 0 Å². The molecule has 1 aromatic rings. The average Bonchev–Trinajstić information content (AvgIpc) is 2.70. The molecule has 0 amide bonds. The van der Waals surface area contributed by atoms with Gasteiger partial charge in [-0.05, 0) is 35.5 Å². The van der Waals surface area contributed by atoms with E-state index in [2.05, 4.69) is 27.8 Å². The van der Waals surface area contributed by atoms with E-state index in [9.17, 15) is 8.42 Å². The van der Waals surface area contributed by atoms with Gasteiger partial charge in [0.05, 0.1) is 8.81 Å². The maximum Gasteiger partial charge on any atom is 0.252 e. The fourth-order valence-electron chi connectivity index (χ4n) is 2.16. The van der Waals surface area contributed by atoms with E-state index in [4.69, 9.17) is 11.6 Å². The molecule has 1 saturated heterocycles. The summed E-state index contributed by atoms with van der Waals surface area (Å²) in [5.41, 5.74) is 0. The lowest BCUT2D eigenvalue weighted by molar-refractivity contribution is 0.144. The quantitative estimate of drug-likeness (QED) is 0.801. The van der Waals surface area contributed by atoms with Crippen molar-refractivity contribution < 1.29 is 8.42 Å². The van der Waals surface area contributed by atoms with Gasteiger partial charge in [0.2, 0.25) is 0 Å². The van der Waals surface area contributed by atoms with E-state index < -0.39 is 10.0 Å². The molecule has 0 N–H and O–H groups in total. The first-order valence-electron chi connectivity index (χ1n) is 6.01. The van der Waals surface area contributed by atoms with Gasteiger partial charge < -0.3 is 4.90 Å². The molecule has 2 rings (SSSR count). The van der Waals surface area contributed by atoms with Crippen LogP contribution in [0.1, 0.15) is 13.3 Å². The van der Waals surface area contributed by atoms with Crippen LogP contribution in [0.5, 0.6) is 0 Å². The highest BCUT2D eigenvalue weighted by Gasteiger charge is 2.33. The van der Waals surface area contributed by atoms with E-state index in [0.29, 0.717) is 26.1 Å². The number of nitrogens with zero attached hydrogens (tertiary/aromatic N) is 2. The van der Waals surface area contributed by atoms with Gasteiger partial charge in [-0.25, -0.2) is 8.42 Å². The Morgan fingerprint density at radius 2 is 2.21 bits per heavy atom. The summed E-state index contributed by atoms with van der Waals surface area (Å²) in [6.07, 6.45) is 0.942. The lowest BCUT2D eigenvalue weighted by Gasteiger charge is -2.38. The molecule has 0 spiro atoms. The first kappa shape index (κ1) is 15.7. The summed E-state index contributed by atoms with van der Waals surface area (Å²) in [6, 6.07) is 1.80. The van der Waals surface area contributed by atoms with Crippen molar-refractivity contribution in [2.45, 2.75) is 23.6 Å². The normalized spacial score (nSPS) is 22.8. The van der Waals surface area contributed by atoms with Crippen molar-refractivity contribution >= 4 is 48.9 Å². The highest BCUT2D eigenvalue weighted by molar-refractivity contribution is 9.11. The summed E-state index contributed by atoms with van der Waals surface area (Å²) >= 11 is 10.4. The highest BCUT2D eigenvalue weighted by Crippen LogP contribution is 2.36. The molecule has 4 nitrogen and oxygen atoms in total. The number of sulfonamides is 1. The zero-order valence-corrected chi connectivity index (χ0v) is 14.7. The van der Waals surface area contributed by atoms with Gasteiger partial charge in [-0.3, -0.25) is 0 Å². The predicted octanol–water partition coefficient (Wildman–Crippen LogP) is 2.88. The van der Waals surface area contributed by atoms with Crippen LogP contribution < -0.4 is 0 Å². The van der Waals surface area contributed by atoms with Crippen LogP contribution in [0.25, 0.3) is 0 Å². The molecule has 0 saturated carbocycles. The van der Waals surface area contributed by atoms with Gasteiger partial charge in [-0.1, -0.05) is 18.5 Å². The van der Waals surface area contributed by atoms with Gasteiger partial charge in [0.15, 0.2) is 0 Å². The van der Waals surface area contributed by atoms with Crippen LogP contribution in [0.15, 0.2) is 14.1 Å². The molecule has 19 heavy (non-hydrogen) atoms. The minimum absolute atomic E-state index is 0.280. The van der Waals surface area contributed by atoms with Crippen molar-refractivity contribution in [1.82, 2.24) is 9.21 Å². The minimum Gasteiger partial charge on any atom is -0.301 e. The summed E-state index contributed by atoms with van der Waals surface area (Å²) in [6.45, 7) is 3.92. The van der Waals surface area contributed by atoms with Crippen molar-refractivity contribution in [2.24, 2.45) is 0 Å². The molecule has 1 atom stereocenters. The Morgan fingerprint density at radius 1 is 1.53 bits per heavy atom. The standard InChI is InChI=1S/C11H16BrClN2O2S2/c1-3-8-7-15(5-4-14(8)2)19(16,17)10-6-9(13)11(12)18-10/h6,8H,3-5,7H2,1-2H3. The van der Waals surface area contributed by atoms with E-state index in [1.165, 1.54) is 17.4 Å². The van der Waals surface area contributed by atoms with Crippen molar-refractivity contribution in [2.75, 3.05) is 26.7 Å². The second-order valence-electron chi connectivity index (χ2n) is 4.59. The monoisotopic (exact) mass is 386 g/mol. The van der Waals surface area contributed by atoms with E-state index in [1.807, 2.05) is 7.05 Å². The summed E-state index contributed by atoms with van der Waals surface area (Å²) in [5.74, 6) is 0. The minimum atomic E-state index is -3.42. The molecule has 0 aromatic carbocycles. The molecule has 1 aliphatic heterocycles. The fraction of sp³-hybridized carbons (Fsp3) is 0.636. The second kappa shape index (κ2) is 5.99. The van der Waals surface area contributed by atoms with Crippen LogP contribution in [0.2, 0.25) is 5.02 Å². The Bertz CT molecular complexity index is 542. The van der Waals surface area contributed by atoms with E-state index in [1.54, 1.807) is 4.31 Å². The molecule has 0 radical (unpaired) electrons. The molecule has 1 fully saturated rings. The number of hydrogen-bond acceptors (Lipinski definition) is 4. The summed E-state index contributed by atoms with van der Waals surface area (Å²) in [4.78, 5) is 2.21. The smallest absolute Gasteiger partial charge is 0.252 e. The summed E-state index contributed by atoms with van der Waals surface area (Å²) < 4.78 is 27.7. The van der Waals surface area contributed by atoms with Crippen LogP contribution >= 0.6 is 38.9 Å². The van der Waals surface area contributed by atoms with Crippen LogP contribution in [-0.4, -0.2) is 50.3 Å². The molecular formula is C11H16BrClN2O2S2. The third-order valence-corrected chi connectivity index (χ3v) is 8.22. The van der Waals surface area contributed by atoms with Gasteiger partial charge in [-0.15, -0.1) is 11.3 Å². The van der Waals surface area contributed by atoms with Gasteiger partial charge >= 0.3 is 0 Å². The lowest BCUT2D eigenvalue weighted by Crippen LogP contribution is -2.52. The number of thiophene rings is 1. The molecule has 1 aromatic heterocycles. The van der Waals surface area contributed by atoms with Crippen molar-refractivity contribution in [1.29, 1.82) is 0 Å². The molecule has 0 bridgehead atoms.